The van der Waals surface area contributed by atoms with E-state index in [0.717, 1.165) is 11.3 Å². The van der Waals surface area contributed by atoms with Crippen molar-refractivity contribution in [3.8, 4) is 17.1 Å². The van der Waals surface area contributed by atoms with Gasteiger partial charge in [-0.1, -0.05) is 60.3 Å². The van der Waals surface area contributed by atoms with Gasteiger partial charge in [-0.3, -0.25) is 19.0 Å². The number of carbonyl (C=O) groups is 3. The molecule has 170 valence electrons. The number of aromatic nitrogens is 3. The average Bonchev–Trinajstić information content (AvgIpc) is 3.28. The Balaban J connectivity index is 1.57. The van der Waals surface area contributed by atoms with Gasteiger partial charge in [0.25, 0.3) is 0 Å². The molecule has 3 aromatic rings. The molecule has 1 aliphatic heterocycles. The van der Waals surface area contributed by atoms with Gasteiger partial charge < -0.3 is 15.0 Å². The fourth-order valence-electron chi connectivity index (χ4n) is 3.61. The Kier molecular flexibility index (Phi) is 7.04. The second kappa shape index (κ2) is 10.3. The van der Waals surface area contributed by atoms with Crippen molar-refractivity contribution < 1.29 is 19.1 Å². The van der Waals surface area contributed by atoms with Crippen LogP contribution in [-0.4, -0.2) is 69.4 Å². The van der Waals surface area contributed by atoms with E-state index in [9.17, 15) is 14.4 Å². The predicted molar refractivity (Wildman–Crippen MR) is 123 cm³/mol. The van der Waals surface area contributed by atoms with Gasteiger partial charge in [-0.2, -0.15) is 0 Å². The molecule has 0 aliphatic carbocycles. The maximum atomic E-state index is 13.0. The van der Waals surface area contributed by atoms with Crippen LogP contribution in [0.2, 0.25) is 0 Å². The number of thioether (sulfide) groups is 1. The van der Waals surface area contributed by atoms with Crippen molar-refractivity contribution in [1.29, 1.82) is 0 Å². The monoisotopic (exact) mass is 465 g/mol. The van der Waals surface area contributed by atoms with Gasteiger partial charge in [0.05, 0.1) is 19.3 Å². The maximum Gasteiger partial charge on any atom is 0.308 e. The molecule has 4 rings (SSSR count). The van der Waals surface area contributed by atoms with Crippen LogP contribution in [0.15, 0.2) is 65.8 Å². The van der Waals surface area contributed by atoms with Crippen LogP contribution in [0.1, 0.15) is 6.42 Å². The third kappa shape index (κ3) is 5.06. The first-order chi connectivity index (χ1) is 16.1. The number of nitrogens with zero attached hydrogens (tertiary/aromatic N) is 4. The summed E-state index contributed by atoms with van der Waals surface area (Å²) in [7, 11) is 1.26. The van der Waals surface area contributed by atoms with Gasteiger partial charge in [-0.15, -0.1) is 10.2 Å². The van der Waals surface area contributed by atoms with Gasteiger partial charge in [0.15, 0.2) is 11.0 Å². The molecular formula is C23H23N5O4S. The van der Waals surface area contributed by atoms with Gasteiger partial charge in [-0.05, 0) is 12.1 Å². The smallest absolute Gasteiger partial charge is 0.308 e. The molecule has 2 heterocycles. The number of nitrogens with one attached hydrogen (secondary N) is 1. The molecular weight excluding hydrogens is 442 g/mol. The molecule has 0 spiro atoms. The lowest BCUT2D eigenvalue weighted by molar-refractivity contribution is -0.149. The lowest BCUT2D eigenvalue weighted by atomic mass is 10.1. The minimum atomic E-state index is -0.883. The number of carbonyl (C=O) groups excluding carboxylic acids is 3. The third-order valence-electron chi connectivity index (χ3n) is 5.24. The summed E-state index contributed by atoms with van der Waals surface area (Å²) in [6, 6.07) is 18.5. The third-order valence-corrected chi connectivity index (χ3v) is 6.16. The number of piperazine rings is 1. The van der Waals surface area contributed by atoms with E-state index >= 15 is 0 Å². The Morgan fingerprint density at radius 3 is 2.48 bits per heavy atom. The molecule has 0 saturated carbocycles. The van der Waals surface area contributed by atoms with E-state index in [4.69, 9.17) is 0 Å². The lowest BCUT2D eigenvalue weighted by Gasteiger charge is -2.34. The van der Waals surface area contributed by atoms with Crippen molar-refractivity contribution in [1.82, 2.24) is 25.0 Å². The molecule has 10 heteroatoms. The van der Waals surface area contributed by atoms with E-state index in [1.54, 1.807) is 0 Å². The Labute approximate surface area is 195 Å². The van der Waals surface area contributed by atoms with Crippen LogP contribution in [0.25, 0.3) is 17.1 Å². The van der Waals surface area contributed by atoms with Gasteiger partial charge in [0, 0.05) is 24.3 Å². The van der Waals surface area contributed by atoms with Crippen LogP contribution in [-0.2, 0) is 19.1 Å². The van der Waals surface area contributed by atoms with Crippen molar-refractivity contribution in [3.63, 3.8) is 0 Å². The molecule has 0 bridgehead atoms. The molecule has 0 radical (unpaired) electrons. The maximum absolute atomic E-state index is 13.0. The quantitative estimate of drug-likeness (QED) is 0.420. The first-order valence-electron chi connectivity index (χ1n) is 10.4. The second-order valence-corrected chi connectivity index (χ2v) is 8.25. The van der Waals surface area contributed by atoms with E-state index in [1.807, 2.05) is 65.2 Å². The van der Waals surface area contributed by atoms with Crippen molar-refractivity contribution in [2.75, 3.05) is 26.0 Å². The van der Waals surface area contributed by atoms with E-state index in [0.29, 0.717) is 24.1 Å². The number of para-hydroxylation sites is 1. The zero-order chi connectivity index (χ0) is 23.2. The van der Waals surface area contributed by atoms with Crippen molar-refractivity contribution >= 4 is 29.5 Å². The molecule has 1 fully saturated rings. The van der Waals surface area contributed by atoms with Crippen molar-refractivity contribution in [2.24, 2.45) is 0 Å². The minimum absolute atomic E-state index is 0.0463. The number of ether oxygens (including phenoxy) is 1. The summed E-state index contributed by atoms with van der Waals surface area (Å²) < 4.78 is 6.59. The number of methoxy groups -OCH3 is 1. The van der Waals surface area contributed by atoms with Gasteiger partial charge in [-0.25, -0.2) is 0 Å². The fourth-order valence-corrected chi connectivity index (χ4v) is 4.45. The van der Waals surface area contributed by atoms with E-state index < -0.39 is 12.0 Å². The summed E-state index contributed by atoms with van der Waals surface area (Å²) in [6.07, 6.45) is -0.183. The zero-order valence-electron chi connectivity index (χ0n) is 18.0. The average molecular weight is 466 g/mol. The summed E-state index contributed by atoms with van der Waals surface area (Å²) in [5.74, 6) is -0.446. The molecule has 2 aromatic carbocycles. The minimum Gasteiger partial charge on any atom is -0.469 e. The van der Waals surface area contributed by atoms with Crippen LogP contribution < -0.4 is 5.32 Å². The van der Waals surface area contributed by atoms with E-state index in [1.165, 1.54) is 23.8 Å². The van der Waals surface area contributed by atoms with Crippen LogP contribution >= 0.6 is 11.8 Å². The van der Waals surface area contributed by atoms with Crippen molar-refractivity contribution in [3.05, 3.63) is 60.7 Å². The highest BCUT2D eigenvalue weighted by Gasteiger charge is 2.35. The topological polar surface area (TPSA) is 106 Å². The van der Waals surface area contributed by atoms with Gasteiger partial charge >= 0.3 is 5.97 Å². The Hall–Kier alpha value is -3.66. The summed E-state index contributed by atoms with van der Waals surface area (Å²) in [6.45, 7) is 0.665. The number of hydrogen-bond acceptors (Lipinski definition) is 7. The van der Waals surface area contributed by atoms with Crippen LogP contribution in [0.5, 0.6) is 0 Å². The summed E-state index contributed by atoms with van der Waals surface area (Å²) in [5.41, 5.74) is 1.77. The zero-order valence-corrected chi connectivity index (χ0v) is 18.8. The summed E-state index contributed by atoms with van der Waals surface area (Å²) >= 11 is 1.24. The van der Waals surface area contributed by atoms with Gasteiger partial charge in [0.2, 0.25) is 11.8 Å². The van der Waals surface area contributed by atoms with Crippen molar-refractivity contribution in [2.45, 2.75) is 17.6 Å². The highest BCUT2D eigenvalue weighted by Crippen LogP contribution is 2.28. The Morgan fingerprint density at radius 1 is 1.09 bits per heavy atom. The van der Waals surface area contributed by atoms with E-state index in [-0.39, 0.29) is 24.0 Å². The first-order valence-corrected chi connectivity index (χ1v) is 11.4. The summed E-state index contributed by atoms with van der Waals surface area (Å²) in [4.78, 5) is 38.5. The fraction of sp³-hybridized carbons (Fsp3) is 0.261. The van der Waals surface area contributed by atoms with Crippen LogP contribution in [0.4, 0.5) is 0 Å². The van der Waals surface area contributed by atoms with Crippen LogP contribution in [0, 0.1) is 0 Å². The largest absolute Gasteiger partial charge is 0.469 e. The highest BCUT2D eigenvalue weighted by molar-refractivity contribution is 7.99. The Bertz CT molecular complexity index is 1140. The first kappa shape index (κ1) is 22.5. The van der Waals surface area contributed by atoms with Crippen LogP contribution in [0.3, 0.4) is 0 Å². The molecule has 1 unspecified atom stereocenters. The molecule has 1 aromatic heterocycles. The molecule has 33 heavy (non-hydrogen) atoms. The SMILES string of the molecule is COC(=O)CC1C(=O)NCCN1C(=O)CSc1nnc(-c2ccccc2)n1-c1ccccc1. The second-order valence-electron chi connectivity index (χ2n) is 7.31. The number of amides is 2. The molecule has 1 atom stereocenters. The summed E-state index contributed by atoms with van der Waals surface area (Å²) in [5, 5.41) is 12.0. The molecule has 2 amide bonds. The normalized spacial score (nSPS) is 15.7. The molecule has 9 nitrogen and oxygen atoms in total. The molecule has 1 saturated heterocycles. The van der Waals surface area contributed by atoms with Gasteiger partial charge in [0.1, 0.15) is 6.04 Å². The number of benzene rings is 2. The predicted octanol–water partition coefficient (Wildman–Crippen LogP) is 1.92. The lowest BCUT2D eigenvalue weighted by Crippen LogP contribution is -2.58. The molecule has 1 aliphatic rings. The number of hydrogen-bond donors (Lipinski definition) is 1. The standard InChI is InChI=1S/C23H23N5O4S/c1-32-20(30)14-18-22(31)24-12-13-27(18)19(29)15-33-23-26-25-21(16-8-4-2-5-9-16)28(23)17-10-6-3-7-11-17/h2-11,18H,12-15H2,1H3,(H,24,31). The number of esters is 1. The molecule has 1 N–H and O–H groups in total. The Morgan fingerprint density at radius 2 is 1.79 bits per heavy atom. The van der Waals surface area contributed by atoms with E-state index in [2.05, 4.69) is 20.3 Å². The highest BCUT2D eigenvalue weighted by atomic mass is 32.2. The number of rotatable bonds is 7.